The van der Waals surface area contributed by atoms with Crippen molar-refractivity contribution in [3.8, 4) is 0 Å². The third-order valence-corrected chi connectivity index (χ3v) is 4.50. The summed E-state index contributed by atoms with van der Waals surface area (Å²) in [6, 6.07) is 11.3. The maximum Gasteiger partial charge on any atom is 0.340 e. The number of nitrogens with zero attached hydrogens (tertiary/aromatic N) is 2. The fourth-order valence-electron chi connectivity index (χ4n) is 3.05. The fraction of sp³-hybridized carbons (Fsp3) is 0.300. The number of aryl methyl sites for hydroxylation is 1. The zero-order valence-electron chi connectivity index (χ0n) is 16.4. The summed E-state index contributed by atoms with van der Waals surface area (Å²) in [6.45, 7) is 1.26. The maximum absolute atomic E-state index is 12.5. The van der Waals surface area contributed by atoms with Gasteiger partial charge in [-0.15, -0.1) is 0 Å². The highest BCUT2D eigenvalue weighted by atomic mass is 16.6. The molecule has 0 radical (unpaired) electrons. The Morgan fingerprint density at radius 2 is 2.03 bits per heavy atom. The molecule has 158 valence electrons. The Hall–Kier alpha value is -3.66. The lowest BCUT2D eigenvalue weighted by atomic mass is 10.1. The monoisotopic (exact) mass is 414 g/mol. The predicted octanol–water partition coefficient (Wildman–Crippen LogP) is 2.54. The number of nitrogens with one attached hydrogen (secondary N) is 2. The summed E-state index contributed by atoms with van der Waals surface area (Å²) in [5.41, 5.74) is 1.58. The number of imidazole rings is 1. The first-order chi connectivity index (χ1) is 14.5. The van der Waals surface area contributed by atoms with Crippen molar-refractivity contribution in [1.82, 2.24) is 9.55 Å². The molecule has 2 N–H and O–H groups in total. The average Bonchev–Trinajstić information content (AvgIpc) is 3.06. The summed E-state index contributed by atoms with van der Waals surface area (Å²) in [7, 11) is 1.55. The van der Waals surface area contributed by atoms with Crippen LogP contribution < -0.4 is 11.0 Å². The van der Waals surface area contributed by atoms with Gasteiger partial charge in [-0.25, -0.2) is 9.59 Å². The van der Waals surface area contributed by atoms with E-state index in [4.69, 9.17) is 9.47 Å². The number of non-ortho nitro benzene ring substituents is 1. The topological polar surface area (TPSA) is 128 Å². The number of hydrogen-bond donors (Lipinski definition) is 2. The van der Waals surface area contributed by atoms with Crippen LogP contribution in [0.2, 0.25) is 0 Å². The zero-order chi connectivity index (χ0) is 21.5. The Balaban J connectivity index is 1.64. The molecule has 0 atom stereocenters. The van der Waals surface area contributed by atoms with Gasteiger partial charge in [0.15, 0.2) is 0 Å². The molecule has 0 unspecified atom stereocenters. The molecular formula is C20H22N4O6. The second kappa shape index (κ2) is 9.70. The fourth-order valence-corrected chi connectivity index (χ4v) is 3.05. The van der Waals surface area contributed by atoms with Crippen LogP contribution in [0.3, 0.4) is 0 Å². The molecule has 0 amide bonds. The Bertz CT molecular complexity index is 1100. The van der Waals surface area contributed by atoms with Crippen LogP contribution in [0.4, 0.5) is 11.4 Å². The van der Waals surface area contributed by atoms with Crippen LogP contribution in [0.1, 0.15) is 16.8 Å². The smallest absolute Gasteiger partial charge is 0.340 e. The van der Waals surface area contributed by atoms with E-state index in [1.807, 2.05) is 24.3 Å². The lowest BCUT2D eigenvalue weighted by Crippen LogP contribution is -2.18. The predicted molar refractivity (Wildman–Crippen MR) is 111 cm³/mol. The number of carbonyl (C=O) groups is 1. The van der Waals surface area contributed by atoms with Crippen molar-refractivity contribution in [1.29, 1.82) is 0 Å². The molecule has 1 heterocycles. The number of aromatic nitrogens is 2. The maximum atomic E-state index is 12.5. The van der Waals surface area contributed by atoms with Gasteiger partial charge in [-0.05, 0) is 24.6 Å². The largest absolute Gasteiger partial charge is 0.462 e. The molecule has 3 aromatic rings. The highest BCUT2D eigenvalue weighted by Crippen LogP contribution is 2.23. The molecule has 0 aliphatic carbocycles. The van der Waals surface area contributed by atoms with Crippen LogP contribution in [0.15, 0.2) is 47.3 Å². The first-order valence-corrected chi connectivity index (χ1v) is 9.37. The first-order valence-electron chi connectivity index (χ1n) is 9.37. The minimum Gasteiger partial charge on any atom is -0.462 e. The van der Waals surface area contributed by atoms with Gasteiger partial charge in [0.25, 0.3) is 5.69 Å². The number of nitro groups is 1. The van der Waals surface area contributed by atoms with E-state index < -0.39 is 10.9 Å². The molecule has 3 rings (SSSR count). The van der Waals surface area contributed by atoms with Gasteiger partial charge in [0.05, 0.1) is 34.7 Å². The van der Waals surface area contributed by atoms with E-state index in [1.165, 1.54) is 18.2 Å². The highest BCUT2D eigenvalue weighted by Gasteiger charge is 2.18. The number of fused-ring (bicyclic) bond motifs is 1. The number of nitro benzene ring substituents is 1. The van der Waals surface area contributed by atoms with Gasteiger partial charge >= 0.3 is 11.7 Å². The third kappa shape index (κ3) is 4.84. The number of H-pyrrole nitrogens is 1. The van der Waals surface area contributed by atoms with Crippen molar-refractivity contribution in [2.75, 3.05) is 32.2 Å². The molecule has 0 fully saturated rings. The van der Waals surface area contributed by atoms with Gasteiger partial charge in [-0.3, -0.25) is 14.7 Å². The lowest BCUT2D eigenvalue weighted by Gasteiger charge is -2.12. The van der Waals surface area contributed by atoms with Crippen molar-refractivity contribution in [2.24, 2.45) is 0 Å². The molecule has 0 saturated carbocycles. The number of hydrogen-bond acceptors (Lipinski definition) is 7. The van der Waals surface area contributed by atoms with Crippen molar-refractivity contribution < 1.29 is 19.2 Å². The van der Waals surface area contributed by atoms with E-state index in [1.54, 1.807) is 11.7 Å². The lowest BCUT2D eigenvalue weighted by molar-refractivity contribution is -0.384. The van der Waals surface area contributed by atoms with Gasteiger partial charge in [-0.1, -0.05) is 12.1 Å². The van der Waals surface area contributed by atoms with E-state index >= 15 is 0 Å². The van der Waals surface area contributed by atoms with Crippen LogP contribution in [-0.4, -0.2) is 47.3 Å². The molecule has 0 spiro atoms. The normalized spacial score (nSPS) is 10.8. The van der Waals surface area contributed by atoms with Crippen LogP contribution in [0.5, 0.6) is 0 Å². The van der Waals surface area contributed by atoms with Gasteiger partial charge in [0.1, 0.15) is 0 Å². The minimum atomic E-state index is -0.676. The number of anilines is 1. The van der Waals surface area contributed by atoms with Gasteiger partial charge in [0.2, 0.25) is 0 Å². The summed E-state index contributed by atoms with van der Waals surface area (Å²) >= 11 is 0. The number of rotatable bonds is 10. The van der Waals surface area contributed by atoms with Crippen LogP contribution in [0, 0.1) is 10.1 Å². The summed E-state index contributed by atoms with van der Waals surface area (Å²) in [4.78, 5) is 37.9. The molecular weight excluding hydrogens is 392 g/mol. The standard InChI is InChI=1S/C20H22N4O6/c1-29-12-9-21-16-8-7-14(24(27)28)13-15(16)19(25)30-11-4-10-23-18-6-3-2-5-17(18)22-20(23)26/h2-3,5-8,13,21H,4,9-12H2,1H3,(H,22,26). The summed E-state index contributed by atoms with van der Waals surface area (Å²) in [5, 5.41) is 14.1. The summed E-state index contributed by atoms with van der Waals surface area (Å²) < 4.78 is 11.8. The Morgan fingerprint density at radius 3 is 2.80 bits per heavy atom. The van der Waals surface area contributed by atoms with Crippen LogP contribution in [-0.2, 0) is 16.0 Å². The second-order valence-electron chi connectivity index (χ2n) is 6.49. The molecule has 30 heavy (non-hydrogen) atoms. The number of para-hydroxylation sites is 2. The Morgan fingerprint density at radius 1 is 1.23 bits per heavy atom. The summed E-state index contributed by atoms with van der Waals surface area (Å²) in [6.07, 6.45) is 0.412. The van der Waals surface area contributed by atoms with Crippen LogP contribution >= 0.6 is 0 Å². The number of esters is 1. The van der Waals surface area contributed by atoms with E-state index in [-0.39, 0.29) is 23.5 Å². The SMILES string of the molecule is COCCNc1ccc([N+](=O)[O-])cc1C(=O)OCCCn1c(=O)[nH]c2ccccc21. The molecule has 10 nitrogen and oxygen atoms in total. The number of carbonyl (C=O) groups excluding carboxylic acids is 1. The number of aromatic amines is 1. The van der Waals surface area contributed by atoms with Crippen LogP contribution in [0.25, 0.3) is 11.0 Å². The van der Waals surface area contributed by atoms with E-state index in [0.717, 1.165) is 11.0 Å². The molecule has 0 aliphatic heterocycles. The highest BCUT2D eigenvalue weighted by molar-refractivity contribution is 5.96. The average molecular weight is 414 g/mol. The third-order valence-electron chi connectivity index (χ3n) is 4.50. The van der Waals surface area contributed by atoms with Crippen molar-refractivity contribution >= 4 is 28.4 Å². The minimum absolute atomic E-state index is 0.0605. The number of ether oxygens (including phenoxy) is 2. The molecule has 0 saturated heterocycles. The van der Waals surface area contributed by atoms with E-state index in [2.05, 4.69) is 10.3 Å². The first kappa shape index (κ1) is 21.1. The Labute approximate surface area is 171 Å². The molecule has 10 heteroatoms. The van der Waals surface area contributed by atoms with Gasteiger partial charge in [0, 0.05) is 38.0 Å². The van der Waals surface area contributed by atoms with Crippen molar-refractivity contribution in [2.45, 2.75) is 13.0 Å². The zero-order valence-corrected chi connectivity index (χ0v) is 16.4. The molecule has 0 aliphatic rings. The second-order valence-corrected chi connectivity index (χ2v) is 6.49. The number of methoxy groups -OCH3 is 1. The van der Waals surface area contributed by atoms with Gasteiger partial charge < -0.3 is 19.8 Å². The number of benzene rings is 2. The molecule has 1 aromatic heterocycles. The van der Waals surface area contributed by atoms with E-state index in [0.29, 0.717) is 31.8 Å². The summed E-state index contributed by atoms with van der Waals surface area (Å²) in [5.74, 6) is -0.676. The molecule has 2 aromatic carbocycles. The van der Waals surface area contributed by atoms with Gasteiger partial charge in [-0.2, -0.15) is 0 Å². The Kier molecular flexibility index (Phi) is 6.81. The van der Waals surface area contributed by atoms with Crippen molar-refractivity contribution in [3.05, 3.63) is 68.6 Å². The quantitative estimate of drug-likeness (QED) is 0.226. The van der Waals surface area contributed by atoms with E-state index in [9.17, 15) is 19.7 Å². The molecule has 0 bridgehead atoms. The van der Waals surface area contributed by atoms with Crippen molar-refractivity contribution in [3.63, 3.8) is 0 Å².